The number of likely N-dealkylation sites (N-methyl/N-ethyl adjacent to an activating group) is 1. The van der Waals surface area contributed by atoms with Gasteiger partial charge in [0.05, 0.1) is 25.1 Å². The average Bonchev–Trinajstić information content (AvgIpc) is 2.64. The molecule has 0 saturated heterocycles. The van der Waals surface area contributed by atoms with Gasteiger partial charge < -0.3 is 14.8 Å². The van der Waals surface area contributed by atoms with Crippen LogP contribution in [0.4, 0.5) is 0 Å². The molecule has 0 atom stereocenters. The number of rotatable bonds is 9. The number of carbonyl (C=O) groups excluding carboxylic acids is 1. The minimum Gasteiger partial charge on any atom is -0.497 e. The average molecular weight is 407 g/mol. The number of aryl methyl sites for hydroxylation is 2. The molecule has 0 fully saturated rings. The van der Waals surface area contributed by atoms with Crippen molar-refractivity contribution in [1.82, 2.24) is 9.62 Å². The van der Waals surface area contributed by atoms with Crippen LogP contribution in [-0.4, -0.2) is 52.5 Å². The molecule has 2 rings (SSSR count). The molecular formula is C20H26N2O5S. The monoisotopic (exact) mass is 406 g/mol. The Morgan fingerprint density at radius 1 is 1.04 bits per heavy atom. The summed E-state index contributed by atoms with van der Waals surface area (Å²) in [6.07, 6.45) is 0. The van der Waals surface area contributed by atoms with E-state index in [2.05, 4.69) is 5.32 Å². The van der Waals surface area contributed by atoms with E-state index >= 15 is 0 Å². The number of hydrogen-bond donors (Lipinski definition) is 1. The fraction of sp³-hybridized carbons (Fsp3) is 0.350. The first-order valence-corrected chi connectivity index (χ1v) is 10.2. The zero-order valence-corrected chi connectivity index (χ0v) is 17.4. The third kappa shape index (κ3) is 5.97. The van der Waals surface area contributed by atoms with Crippen molar-refractivity contribution in [2.75, 3.05) is 33.9 Å². The maximum absolute atomic E-state index is 12.5. The van der Waals surface area contributed by atoms with Crippen LogP contribution in [-0.2, 0) is 14.8 Å². The van der Waals surface area contributed by atoms with Gasteiger partial charge in [-0.1, -0.05) is 6.07 Å². The molecule has 0 spiro atoms. The molecule has 2 aromatic carbocycles. The van der Waals surface area contributed by atoms with Crippen molar-refractivity contribution in [2.24, 2.45) is 0 Å². The van der Waals surface area contributed by atoms with Gasteiger partial charge in [0.1, 0.15) is 18.1 Å². The van der Waals surface area contributed by atoms with Crippen molar-refractivity contribution in [3.05, 3.63) is 53.6 Å². The topological polar surface area (TPSA) is 84.9 Å². The van der Waals surface area contributed by atoms with Gasteiger partial charge in [-0.2, -0.15) is 4.31 Å². The van der Waals surface area contributed by atoms with Gasteiger partial charge in [0.25, 0.3) is 0 Å². The van der Waals surface area contributed by atoms with Crippen molar-refractivity contribution in [2.45, 2.75) is 18.7 Å². The number of hydrogen-bond acceptors (Lipinski definition) is 5. The van der Waals surface area contributed by atoms with Crippen molar-refractivity contribution >= 4 is 15.9 Å². The van der Waals surface area contributed by atoms with Gasteiger partial charge >= 0.3 is 0 Å². The molecule has 0 aliphatic rings. The highest BCUT2D eigenvalue weighted by Gasteiger charge is 2.22. The molecule has 0 heterocycles. The Labute approximate surface area is 166 Å². The molecule has 0 saturated carbocycles. The molecule has 0 bridgehead atoms. The maximum atomic E-state index is 12.5. The minimum absolute atomic E-state index is 0.0988. The number of methoxy groups -OCH3 is 1. The summed E-state index contributed by atoms with van der Waals surface area (Å²) in [5.41, 5.74) is 2.20. The molecule has 0 aromatic heterocycles. The first-order valence-electron chi connectivity index (χ1n) is 8.80. The standard InChI is InChI=1S/C20H26N2O5S/c1-15-11-16(2)13-18(12-15)27-10-9-21-20(23)14-22(3)28(24,25)19-7-5-17(26-4)6-8-19/h5-8,11-13H,9-10,14H2,1-4H3,(H,21,23). The second-order valence-electron chi connectivity index (χ2n) is 6.46. The van der Waals surface area contributed by atoms with Gasteiger partial charge in [-0.25, -0.2) is 8.42 Å². The molecule has 1 amide bonds. The van der Waals surface area contributed by atoms with Crippen molar-refractivity contribution in [1.29, 1.82) is 0 Å². The highest BCUT2D eigenvalue weighted by molar-refractivity contribution is 7.89. The van der Waals surface area contributed by atoms with Crippen LogP contribution < -0.4 is 14.8 Å². The van der Waals surface area contributed by atoms with Gasteiger partial charge in [-0.05, 0) is 61.4 Å². The SMILES string of the molecule is COc1ccc(S(=O)(=O)N(C)CC(=O)NCCOc2cc(C)cc(C)c2)cc1. The third-order valence-corrected chi connectivity index (χ3v) is 5.84. The first kappa shape index (κ1) is 21.7. The number of carbonyl (C=O) groups is 1. The fourth-order valence-electron chi connectivity index (χ4n) is 2.65. The smallest absolute Gasteiger partial charge is 0.243 e. The van der Waals surface area contributed by atoms with E-state index in [0.29, 0.717) is 12.4 Å². The van der Waals surface area contributed by atoms with Crippen LogP contribution in [0.15, 0.2) is 47.4 Å². The van der Waals surface area contributed by atoms with Crippen LogP contribution in [0.1, 0.15) is 11.1 Å². The Kier molecular flexibility index (Phi) is 7.42. The molecule has 2 aromatic rings. The van der Waals surface area contributed by atoms with E-state index in [4.69, 9.17) is 9.47 Å². The van der Waals surface area contributed by atoms with E-state index < -0.39 is 15.9 Å². The first-order chi connectivity index (χ1) is 13.2. The quantitative estimate of drug-likeness (QED) is 0.645. The molecule has 1 N–H and O–H groups in total. The number of sulfonamides is 1. The molecule has 152 valence electrons. The summed E-state index contributed by atoms with van der Waals surface area (Å²) in [5.74, 6) is 0.901. The molecular weight excluding hydrogens is 380 g/mol. The second-order valence-corrected chi connectivity index (χ2v) is 8.50. The summed E-state index contributed by atoms with van der Waals surface area (Å²) in [6, 6.07) is 11.9. The minimum atomic E-state index is -3.76. The lowest BCUT2D eigenvalue weighted by Gasteiger charge is -2.17. The number of nitrogens with one attached hydrogen (secondary N) is 1. The lowest BCUT2D eigenvalue weighted by molar-refractivity contribution is -0.121. The maximum Gasteiger partial charge on any atom is 0.243 e. The molecule has 0 aliphatic carbocycles. The Hall–Kier alpha value is -2.58. The molecule has 0 aliphatic heterocycles. The van der Waals surface area contributed by atoms with Crippen LogP contribution in [0.2, 0.25) is 0 Å². The van der Waals surface area contributed by atoms with E-state index in [9.17, 15) is 13.2 Å². The Morgan fingerprint density at radius 3 is 2.21 bits per heavy atom. The number of ether oxygens (including phenoxy) is 2. The van der Waals surface area contributed by atoms with Gasteiger partial charge in [-0.15, -0.1) is 0 Å². The second kappa shape index (κ2) is 9.57. The van der Waals surface area contributed by atoms with Crippen molar-refractivity contribution in [3.63, 3.8) is 0 Å². The number of amides is 1. The lowest BCUT2D eigenvalue weighted by atomic mass is 10.1. The van der Waals surface area contributed by atoms with Crippen LogP contribution >= 0.6 is 0 Å². The van der Waals surface area contributed by atoms with Crippen LogP contribution in [0.5, 0.6) is 11.5 Å². The normalized spacial score (nSPS) is 11.3. The van der Waals surface area contributed by atoms with Crippen molar-refractivity contribution in [3.8, 4) is 11.5 Å². The van der Waals surface area contributed by atoms with Crippen molar-refractivity contribution < 1.29 is 22.7 Å². The van der Waals surface area contributed by atoms with Crippen LogP contribution in [0.25, 0.3) is 0 Å². The highest BCUT2D eigenvalue weighted by Crippen LogP contribution is 2.18. The van der Waals surface area contributed by atoms with E-state index in [0.717, 1.165) is 21.2 Å². The number of nitrogens with zero attached hydrogens (tertiary/aromatic N) is 1. The summed E-state index contributed by atoms with van der Waals surface area (Å²) >= 11 is 0. The largest absolute Gasteiger partial charge is 0.497 e. The Bertz CT molecular complexity index is 890. The molecule has 7 nitrogen and oxygen atoms in total. The Balaban J connectivity index is 1.82. The summed E-state index contributed by atoms with van der Waals surface area (Å²) in [6.45, 7) is 4.27. The lowest BCUT2D eigenvalue weighted by Crippen LogP contribution is -2.39. The summed E-state index contributed by atoms with van der Waals surface area (Å²) in [7, 11) is -0.886. The van der Waals surface area contributed by atoms with Gasteiger partial charge in [-0.3, -0.25) is 4.79 Å². The summed E-state index contributed by atoms with van der Waals surface area (Å²) in [4.78, 5) is 12.2. The third-order valence-electron chi connectivity index (χ3n) is 4.02. The van der Waals surface area contributed by atoms with E-state index in [1.807, 2.05) is 32.0 Å². The van der Waals surface area contributed by atoms with E-state index in [-0.39, 0.29) is 18.0 Å². The van der Waals surface area contributed by atoms with Crippen LogP contribution in [0, 0.1) is 13.8 Å². The zero-order chi connectivity index (χ0) is 20.7. The summed E-state index contributed by atoms with van der Waals surface area (Å²) < 4.78 is 36.7. The predicted molar refractivity (Wildman–Crippen MR) is 107 cm³/mol. The van der Waals surface area contributed by atoms with Gasteiger partial charge in [0.15, 0.2) is 0 Å². The Morgan fingerprint density at radius 2 is 1.64 bits per heavy atom. The number of benzene rings is 2. The summed E-state index contributed by atoms with van der Waals surface area (Å²) in [5, 5.41) is 2.66. The fourth-order valence-corrected chi connectivity index (χ4v) is 3.77. The molecule has 0 unspecified atom stereocenters. The molecule has 0 radical (unpaired) electrons. The predicted octanol–water partition coefficient (Wildman–Crippen LogP) is 2.13. The van der Waals surface area contributed by atoms with E-state index in [1.54, 1.807) is 12.1 Å². The highest BCUT2D eigenvalue weighted by atomic mass is 32.2. The molecule has 28 heavy (non-hydrogen) atoms. The van der Waals surface area contributed by atoms with Gasteiger partial charge in [0, 0.05) is 7.05 Å². The van der Waals surface area contributed by atoms with E-state index in [1.165, 1.54) is 26.3 Å². The van der Waals surface area contributed by atoms with Gasteiger partial charge in [0.2, 0.25) is 15.9 Å². The zero-order valence-electron chi connectivity index (χ0n) is 16.6. The molecule has 8 heteroatoms. The van der Waals surface area contributed by atoms with Crippen LogP contribution in [0.3, 0.4) is 0 Å².